The van der Waals surface area contributed by atoms with Crippen LogP contribution in [0.2, 0.25) is 5.02 Å². The van der Waals surface area contributed by atoms with E-state index < -0.39 is 5.91 Å². The van der Waals surface area contributed by atoms with E-state index in [0.29, 0.717) is 10.7 Å². The molecule has 2 aromatic carbocycles. The average Bonchev–Trinajstić information content (AvgIpc) is 2.59. The molecule has 0 aliphatic carbocycles. The molecule has 0 spiro atoms. The van der Waals surface area contributed by atoms with E-state index in [9.17, 15) is 10.1 Å². The molecule has 0 atom stereocenters. The Morgan fingerprint density at radius 1 is 1.25 bits per heavy atom. The predicted octanol–water partition coefficient (Wildman–Crippen LogP) is 4.12. The molecule has 0 fully saturated rings. The first-order valence-corrected chi connectivity index (χ1v) is 7.49. The van der Waals surface area contributed by atoms with E-state index in [1.807, 2.05) is 13.0 Å². The summed E-state index contributed by atoms with van der Waals surface area (Å²) < 4.78 is 5.07. The smallest absolute Gasteiger partial charge is 0.267 e. The minimum atomic E-state index is -0.510. The highest BCUT2D eigenvalue weighted by atomic mass is 35.5. The minimum Gasteiger partial charge on any atom is -0.497 e. The van der Waals surface area contributed by atoms with E-state index >= 15 is 0 Å². The zero-order chi connectivity index (χ0) is 17.5. The highest BCUT2D eigenvalue weighted by Gasteiger charge is 2.11. The summed E-state index contributed by atoms with van der Waals surface area (Å²) in [5, 5.41) is 15.3. The molecule has 122 valence electrons. The van der Waals surface area contributed by atoms with Crippen molar-refractivity contribution in [1.82, 2.24) is 0 Å². The Balaban J connectivity index is 2.10. The van der Waals surface area contributed by atoms with Crippen LogP contribution in [0.3, 0.4) is 0 Å². The summed E-state index contributed by atoms with van der Waals surface area (Å²) in [5.74, 6) is 0.211. The molecule has 0 bridgehead atoms. The second kappa shape index (κ2) is 8.04. The number of methoxy groups -OCH3 is 1. The fourth-order valence-corrected chi connectivity index (χ4v) is 2.08. The standard InChI is InChI=1S/C18H16ClN3O2/c1-12-3-4-14(19)9-17(12)22-18(23)13(10-20)11-21-15-5-7-16(24-2)8-6-15/h3-9,11,21H,1-2H3,(H,22,23)/b13-11-. The SMILES string of the molecule is COc1ccc(N/C=C(/C#N)C(=O)Nc2cc(Cl)ccc2C)cc1. The molecule has 0 heterocycles. The Labute approximate surface area is 145 Å². The van der Waals surface area contributed by atoms with Crippen LogP contribution in [0.5, 0.6) is 5.75 Å². The largest absolute Gasteiger partial charge is 0.497 e. The van der Waals surface area contributed by atoms with Crippen LogP contribution in [0.25, 0.3) is 0 Å². The average molecular weight is 342 g/mol. The van der Waals surface area contributed by atoms with Gasteiger partial charge in [0.25, 0.3) is 5.91 Å². The first kappa shape index (κ1) is 17.4. The number of hydrogen-bond acceptors (Lipinski definition) is 4. The van der Waals surface area contributed by atoms with Gasteiger partial charge in [0.15, 0.2) is 0 Å². The molecule has 24 heavy (non-hydrogen) atoms. The Morgan fingerprint density at radius 2 is 1.96 bits per heavy atom. The summed E-state index contributed by atoms with van der Waals surface area (Å²) in [7, 11) is 1.58. The van der Waals surface area contributed by atoms with E-state index in [2.05, 4.69) is 10.6 Å². The summed E-state index contributed by atoms with van der Waals surface area (Å²) in [4.78, 5) is 12.2. The minimum absolute atomic E-state index is 0.0507. The number of nitrogens with one attached hydrogen (secondary N) is 2. The van der Waals surface area contributed by atoms with Crippen molar-refractivity contribution >= 4 is 28.9 Å². The molecule has 0 saturated heterocycles. The molecule has 0 aliphatic rings. The topological polar surface area (TPSA) is 74.1 Å². The van der Waals surface area contributed by atoms with E-state index in [1.165, 1.54) is 6.20 Å². The molecule has 2 aromatic rings. The lowest BCUT2D eigenvalue weighted by atomic mass is 10.2. The molecular weight excluding hydrogens is 326 g/mol. The van der Waals surface area contributed by atoms with E-state index in [1.54, 1.807) is 49.6 Å². The lowest BCUT2D eigenvalue weighted by Crippen LogP contribution is -2.15. The van der Waals surface area contributed by atoms with Gasteiger partial charge in [0.2, 0.25) is 0 Å². The monoisotopic (exact) mass is 341 g/mol. The Bertz CT molecular complexity index is 808. The fourth-order valence-electron chi connectivity index (χ4n) is 1.91. The Kier molecular flexibility index (Phi) is 5.83. The van der Waals surface area contributed by atoms with E-state index in [0.717, 1.165) is 17.0 Å². The van der Waals surface area contributed by atoms with Crippen molar-refractivity contribution in [2.45, 2.75) is 6.92 Å². The van der Waals surface area contributed by atoms with Gasteiger partial charge in [-0.25, -0.2) is 0 Å². The van der Waals surface area contributed by atoms with Crippen molar-refractivity contribution in [3.8, 4) is 11.8 Å². The fraction of sp³-hybridized carbons (Fsp3) is 0.111. The molecule has 2 rings (SSSR count). The maximum absolute atomic E-state index is 12.2. The van der Waals surface area contributed by atoms with E-state index in [4.69, 9.17) is 16.3 Å². The summed E-state index contributed by atoms with van der Waals surface area (Å²) >= 11 is 5.93. The molecule has 0 aliphatic heterocycles. The second-order valence-electron chi connectivity index (χ2n) is 4.96. The van der Waals surface area contributed by atoms with Gasteiger partial charge in [-0.1, -0.05) is 17.7 Å². The number of amides is 1. The summed E-state index contributed by atoms with van der Waals surface area (Å²) in [6, 6.07) is 14.2. The van der Waals surface area contributed by atoms with Gasteiger partial charge in [0.1, 0.15) is 17.4 Å². The number of carbonyl (C=O) groups is 1. The first-order chi connectivity index (χ1) is 11.5. The molecule has 2 N–H and O–H groups in total. The first-order valence-electron chi connectivity index (χ1n) is 7.12. The van der Waals surface area contributed by atoms with Crippen LogP contribution in [-0.2, 0) is 4.79 Å². The van der Waals surface area contributed by atoms with Crippen molar-refractivity contribution in [2.24, 2.45) is 0 Å². The third-order valence-electron chi connectivity index (χ3n) is 3.29. The number of halogens is 1. The van der Waals surface area contributed by atoms with Gasteiger partial charge in [-0.3, -0.25) is 4.79 Å². The molecule has 5 nitrogen and oxygen atoms in total. The quantitative estimate of drug-likeness (QED) is 0.634. The number of aryl methyl sites for hydroxylation is 1. The van der Waals surface area contributed by atoms with Gasteiger partial charge in [0.05, 0.1) is 7.11 Å². The van der Waals surface area contributed by atoms with Gasteiger partial charge in [-0.15, -0.1) is 0 Å². The molecule has 0 unspecified atom stereocenters. The Morgan fingerprint density at radius 3 is 2.58 bits per heavy atom. The zero-order valence-corrected chi connectivity index (χ0v) is 14.0. The third-order valence-corrected chi connectivity index (χ3v) is 3.52. The molecule has 0 saturated carbocycles. The summed E-state index contributed by atoms with van der Waals surface area (Å²) in [6.07, 6.45) is 1.36. The van der Waals surface area contributed by atoms with Crippen LogP contribution in [-0.4, -0.2) is 13.0 Å². The van der Waals surface area contributed by atoms with Gasteiger partial charge in [-0.05, 0) is 48.9 Å². The second-order valence-corrected chi connectivity index (χ2v) is 5.39. The van der Waals surface area contributed by atoms with E-state index in [-0.39, 0.29) is 5.57 Å². The third kappa shape index (κ3) is 4.51. The number of hydrogen-bond donors (Lipinski definition) is 2. The summed E-state index contributed by atoms with van der Waals surface area (Å²) in [6.45, 7) is 1.84. The molecule has 0 radical (unpaired) electrons. The Hall–Kier alpha value is -2.97. The number of nitriles is 1. The number of nitrogens with zero attached hydrogens (tertiary/aromatic N) is 1. The highest BCUT2D eigenvalue weighted by Crippen LogP contribution is 2.21. The predicted molar refractivity (Wildman–Crippen MR) is 95.1 cm³/mol. The zero-order valence-electron chi connectivity index (χ0n) is 13.3. The summed E-state index contributed by atoms with van der Waals surface area (Å²) in [5.41, 5.74) is 2.10. The van der Waals surface area contributed by atoms with Gasteiger partial charge < -0.3 is 15.4 Å². The lowest BCUT2D eigenvalue weighted by molar-refractivity contribution is -0.112. The number of benzene rings is 2. The van der Waals surface area contributed by atoms with Crippen LogP contribution in [0, 0.1) is 18.3 Å². The number of rotatable bonds is 5. The van der Waals surface area contributed by atoms with Crippen molar-refractivity contribution < 1.29 is 9.53 Å². The van der Waals surface area contributed by atoms with Crippen molar-refractivity contribution in [2.75, 3.05) is 17.7 Å². The van der Waals surface area contributed by atoms with Crippen LogP contribution in [0.15, 0.2) is 54.2 Å². The normalized spacial score (nSPS) is 10.7. The molecular formula is C18H16ClN3O2. The van der Waals surface area contributed by atoms with Crippen LogP contribution in [0.1, 0.15) is 5.56 Å². The maximum Gasteiger partial charge on any atom is 0.267 e. The number of anilines is 2. The van der Waals surface area contributed by atoms with Crippen LogP contribution >= 0.6 is 11.6 Å². The van der Waals surface area contributed by atoms with Crippen LogP contribution in [0.4, 0.5) is 11.4 Å². The number of carbonyl (C=O) groups excluding carboxylic acids is 1. The number of ether oxygens (including phenoxy) is 1. The molecule has 6 heteroatoms. The molecule has 1 amide bonds. The van der Waals surface area contributed by atoms with Crippen molar-refractivity contribution in [3.05, 3.63) is 64.8 Å². The van der Waals surface area contributed by atoms with Gasteiger partial charge in [-0.2, -0.15) is 5.26 Å². The molecule has 0 aromatic heterocycles. The van der Waals surface area contributed by atoms with Gasteiger partial charge >= 0.3 is 0 Å². The van der Waals surface area contributed by atoms with Crippen molar-refractivity contribution in [1.29, 1.82) is 5.26 Å². The van der Waals surface area contributed by atoms with Crippen molar-refractivity contribution in [3.63, 3.8) is 0 Å². The van der Waals surface area contributed by atoms with Gasteiger partial charge in [0, 0.05) is 22.6 Å². The maximum atomic E-state index is 12.2. The lowest BCUT2D eigenvalue weighted by Gasteiger charge is -2.08. The van der Waals surface area contributed by atoms with Crippen LogP contribution < -0.4 is 15.4 Å². The highest BCUT2D eigenvalue weighted by molar-refractivity contribution is 6.31.